The topological polar surface area (TPSA) is 102 Å². The van der Waals surface area contributed by atoms with Crippen LogP contribution in [0, 0.1) is 12.7 Å². The van der Waals surface area contributed by atoms with E-state index in [-0.39, 0.29) is 16.1 Å². The monoisotopic (exact) mass is 486 g/mol. The first kappa shape index (κ1) is 24.7. The summed E-state index contributed by atoms with van der Waals surface area (Å²) in [6.07, 6.45) is 0. The number of ether oxygens (including phenoxy) is 2. The third-order valence-electron chi connectivity index (χ3n) is 5.06. The van der Waals surface area contributed by atoms with Crippen LogP contribution in [0.3, 0.4) is 0 Å². The number of amides is 1. The summed E-state index contributed by atoms with van der Waals surface area (Å²) in [6, 6.07) is 15.1. The number of methoxy groups -OCH3 is 2. The van der Waals surface area contributed by atoms with Gasteiger partial charge in [-0.1, -0.05) is 6.07 Å². The zero-order valence-corrected chi connectivity index (χ0v) is 19.6. The zero-order valence-electron chi connectivity index (χ0n) is 18.7. The second kappa shape index (κ2) is 10.3. The number of esters is 1. The van der Waals surface area contributed by atoms with Crippen LogP contribution < -0.4 is 14.4 Å². The van der Waals surface area contributed by atoms with E-state index in [1.807, 2.05) is 0 Å². The average molecular weight is 487 g/mol. The van der Waals surface area contributed by atoms with Crippen LogP contribution in [0.4, 0.5) is 15.8 Å². The number of anilines is 2. The Bertz CT molecular complexity index is 1290. The highest BCUT2D eigenvalue weighted by atomic mass is 32.2. The molecule has 0 bridgehead atoms. The summed E-state index contributed by atoms with van der Waals surface area (Å²) in [5, 5.41) is 2.64. The molecule has 0 spiro atoms. The Balaban J connectivity index is 1.94. The van der Waals surface area contributed by atoms with Gasteiger partial charge in [-0.2, -0.15) is 0 Å². The van der Waals surface area contributed by atoms with Crippen molar-refractivity contribution in [2.45, 2.75) is 11.8 Å². The van der Waals surface area contributed by atoms with Gasteiger partial charge in [-0.15, -0.1) is 0 Å². The molecule has 0 fully saturated rings. The molecule has 0 saturated heterocycles. The molecular weight excluding hydrogens is 463 g/mol. The fourth-order valence-corrected chi connectivity index (χ4v) is 4.64. The number of halogens is 1. The molecule has 0 aromatic heterocycles. The second-order valence-corrected chi connectivity index (χ2v) is 9.04. The summed E-state index contributed by atoms with van der Waals surface area (Å²) in [4.78, 5) is 24.8. The predicted octanol–water partition coefficient (Wildman–Crippen LogP) is 3.76. The molecule has 0 aliphatic carbocycles. The SMILES string of the molecule is COC(=O)c1cccc(NC(=O)CN(c2ccc(F)cc2)S(=O)(=O)c2ccc(OC)cc2)c1C. The standard InChI is InChI=1S/C24H23FN2O6S/c1-16-21(24(29)33-3)5-4-6-22(16)26-23(28)15-27(18-9-7-17(25)8-10-18)34(30,31)20-13-11-19(32-2)12-14-20/h4-14H,15H2,1-3H3,(H,26,28). The van der Waals surface area contributed by atoms with Crippen LogP contribution in [0.25, 0.3) is 0 Å². The van der Waals surface area contributed by atoms with Crippen LogP contribution in [0.2, 0.25) is 0 Å². The van der Waals surface area contributed by atoms with Gasteiger partial charge < -0.3 is 14.8 Å². The number of carbonyl (C=O) groups excluding carboxylic acids is 2. The summed E-state index contributed by atoms with van der Waals surface area (Å²) in [7, 11) is -1.49. The van der Waals surface area contributed by atoms with Gasteiger partial charge in [0.25, 0.3) is 10.0 Å². The maximum atomic E-state index is 13.5. The lowest BCUT2D eigenvalue weighted by atomic mass is 10.1. The smallest absolute Gasteiger partial charge is 0.338 e. The molecule has 178 valence electrons. The Kier molecular flexibility index (Phi) is 7.52. The van der Waals surface area contributed by atoms with Gasteiger partial charge in [0.2, 0.25) is 5.91 Å². The number of nitrogens with zero attached hydrogens (tertiary/aromatic N) is 1. The second-order valence-electron chi connectivity index (χ2n) is 7.18. The van der Waals surface area contributed by atoms with Crippen molar-refractivity contribution in [1.82, 2.24) is 0 Å². The van der Waals surface area contributed by atoms with Gasteiger partial charge in [0.15, 0.2) is 0 Å². The lowest BCUT2D eigenvalue weighted by Crippen LogP contribution is -2.38. The number of carbonyl (C=O) groups is 2. The normalized spacial score (nSPS) is 10.9. The maximum absolute atomic E-state index is 13.5. The molecule has 0 saturated carbocycles. The van der Waals surface area contributed by atoms with Gasteiger partial charge in [-0.3, -0.25) is 9.10 Å². The van der Waals surface area contributed by atoms with Crippen LogP contribution in [-0.2, 0) is 19.6 Å². The van der Waals surface area contributed by atoms with Crippen molar-refractivity contribution in [3.63, 3.8) is 0 Å². The fourth-order valence-electron chi connectivity index (χ4n) is 3.22. The molecule has 0 aliphatic heterocycles. The molecule has 0 aliphatic rings. The molecule has 8 nitrogen and oxygen atoms in total. The van der Waals surface area contributed by atoms with Gasteiger partial charge in [0.1, 0.15) is 18.1 Å². The highest BCUT2D eigenvalue weighted by Gasteiger charge is 2.28. The fraction of sp³-hybridized carbons (Fsp3) is 0.167. The highest BCUT2D eigenvalue weighted by Crippen LogP contribution is 2.26. The summed E-state index contributed by atoms with van der Waals surface area (Å²) in [5.74, 6) is -1.31. The van der Waals surface area contributed by atoms with E-state index in [1.54, 1.807) is 25.1 Å². The summed E-state index contributed by atoms with van der Waals surface area (Å²) >= 11 is 0. The van der Waals surface area contributed by atoms with E-state index >= 15 is 0 Å². The highest BCUT2D eigenvalue weighted by molar-refractivity contribution is 7.92. The molecule has 0 heterocycles. The number of hydrogen-bond donors (Lipinski definition) is 1. The Morgan fingerprint density at radius 2 is 1.62 bits per heavy atom. The molecule has 10 heteroatoms. The van der Waals surface area contributed by atoms with E-state index in [0.717, 1.165) is 16.4 Å². The number of benzene rings is 3. The molecular formula is C24H23FN2O6S. The lowest BCUT2D eigenvalue weighted by Gasteiger charge is -2.24. The Morgan fingerprint density at radius 3 is 2.21 bits per heavy atom. The molecule has 0 radical (unpaired) electrons. The zero-order chi connectivity index (χ0) is 24.9. The first-order valence-electron chi connectivity index (χ1n) is 10.1. The van der Waals surface area contributed by atoms with Gasteiger partial charge in [0.05, 0.1) is 30.4 Å². The van der Waals surface area contributed by atoms with Crippen molar-refractivity contribution in [2.24, 2.45) is 0 Å². The molecule has 1 N–H and O–H groups in total. The Morgan fingerprint density at radius 1 is 0.971 bits per heavy atom. The van der Waals surface area contributed by atoms with Crippen LogP contribution in [0.5, 0.6) is 5.75 Å². The molecule has 0 unspecified atom stereocenters. The van der Waals surface area contributed by atoms with Gasteiger partial charge in [-0.05, 0) is 73.2 Å². The summed E-state index contributed by atoms with van der Waals surface area (Å²) in [5.41, 5.74) is 1.16. The largest absolute Gasteiger partial charge is 0.497 e. The minimum atomic E-state index is -4.19. The van der Waals surface area contributed by atoms with E-state index in [9.17, 15) is 22.4 Å². The molecule has 0 atom stereocenters. The average Bonchev–Trinajstić information content (AvgIpc) is 2.84. The van der Waals surface area contributed by atoms with Gasteiger partial charge in [-0.25, -0.2) is 17.6 Å². The first-order chi connectivity index (χ1) is 16.2. The van der Waals surface area contributed by atoms with E-state index in [1.165, 1.54) is 50.6 Å². The van der Waals surface area contributed by atoms with E-state index < -0.39 is 34.3 Å². The van der Waals surface area contributed by atoms with Crippen molar-refractivity contribution in [1.29, 1.82) is 0 Å². The van der Waals surface area contributed by atoms with Crippen molar-refractivity contribution >= 4 is 33.3 Å². The van der Waals surface area contributed by atoms with E-state index in [2.05, 4.69) is 5.32 Å². The molecule has 1 amide bonds. The van der Waals surface area contributed by atoms with E-state index in [0.29, 0.717) is 17.0 Å². The van der Waals surface area contributed by atoms with Crippen LogP contribution >= 0.6 is 0 Å². The lowest BCUT2D eigenvalue weighted by molar-refractivity contribution is -0.114. The van der Waals surface area contributed by atoms with Crippen molar-refractivity contribution in [3.8, 4) is 5.75 Å². The molecule has 3 aromatic carbocycles. The van der Waals surface area contributed by atoms with Crippen molar-refractivity contribution in [2.75, 3.05) is 30.4 Å². The summed E-state index contributed by atoms with van der Waals surface area (Å²) < 4.78 is 51.0. The molecule has 3 aromatic rings. The third-order valence-corrected chi connectivity index (χ3v) is 6.85. The van der Waals surface area contributed by atoms with Crippen LogP contribution in [0.1, 0.15) is 15.9 Å². The minimum absolute atomic E-state index is 0.0747. The molecule has 3 rings (SSSR count). The van der Waals surface area contributed by atoms with Gasteiger partial charge >= 0.3 is 5.97 Å². The van der Waals surface area contributed by atoms with E-state index in [4.69, 9.17) is 9.47 Å². The van der Waals surface area contributed by atoms with Crippen LogP contribution in [-0.4, -0.2) is 41.1 Å². The van der Waals surface area contributed by atoms with Gasteiger partial charge in [0, 0.05) is 5.69 Å². The van der Waals surface area contributed by atoms with Crippen molar-refractivity contribution in [3.05, 3.63) is 83.7 Å². The Labute approximate surface area is 197 Å². The quantitative estimate of drug-likeness (QED) is 0.487. The molecule has 34 heavy (non-hydrogen) atoms. The number of nitrogens with one attached hydrogen (secondary N) is 1. The number of sulfonamides is 1. The maximum Gasteiger partial charge on any atom is 0.338 e. The third kappa shape index (κ3) is 5.34. The minimum Gasteiger partial charge on any atom is -0.497 e. The number of rotatable bonds is 8. The Hall–Kier alpha value is -3.92. The summed E-state index contributed by atoms with van der Waals surface area (Å²) in [6.45, 7) is 1.04. The number of hydrogen-bond acceptors (Lipinski definition) is 6. The first-order valence-corrected chi connectivity index (χ1v) is 11.5. The predicted molar refractivity (Wildman–Crippen MR) is 125 cm³/mol. The van der Waals surface area contributed by atoms with Crippen LogP contribution in [0.15, 0.2) is 71.6 Å². The van der Waals surface area contributed by atoms with Crippen molar-refractivity contribution < 1.29 is 31.9 Å².